The van der Waals surface area contributed by atoms with Crippen LogP contribution in [0.3, 0.4) is 0 Å². The Labute approximate surface area is 180 Å². The Morgan fingerprint density at radius 1 is 0.968 bits per heavy atom. The number of hydrogen-bond acceptors (Lipinski definition) is 3. The van der Waals surface area contributed by atoms with Crippen molar-refractivity contribution in [3.05, 3.63) is 78.0 Å². The number of H-pyrrole nitrogens is 1. The maximum atomic E-state index is 13.3. The van der Waals surface area contributed by atoms with Gasteiger partial charge in [0.15, 0.2) is 11.5 Å². The molecule has 3 aromatic carbocycles. The van der Waals surface area contributed by atoms with Crippen LogP contribution in [0, 0.1) is 6.92 Å². The summed E-state index contributed by atoms with van der Waals surface area (Å²) in [5.41, 5.74) is 5.85. The molecule has 5 heteroatoms. The van der Waals surface area contributed by atoms with Gasteiger partial charge in [0, 0.05) is 17.4 Å². The van der Waals surface area contributed by atoms with Gasteiger partial charge in [0.2, 0.25) is 12.7 Å². The number of anilines is 1. The normalized spacial score (nSPS) is 15.8. The molecule has 0 atom stereocenters. The molecule has 1 saturated carbocycles. The molecule has 2 N–H and O–H groups in total. The molecule has 154 valence electrons. The Bertz CT molecular complexity index is 1330. The van der Waals surface area contributed by atoms with Gasteiger partial charge in [-0.15, -0.1) is 0 Å². The van der Waals surface area contributed by atoms with Gasteiger partial charge >= 0.3 is 0 Å². The van der Waals surface area contributed by atoms with Gasteiger partial charge in [0.25, 0.3) is 0 Å². The van der Waals surface area contributed by atoms with Crippen LogP contribution in [0.5, 0.6) is 11.5 Å². The van der Waals surface area contributed by atoms with Crippen molar-refractivity contribution in [1.29, 1.82) is 0 Å². The molecule has 0 spiro atoms. The summed E-state index contributed by atoms with van der Waals surface area (Å²) in [6.07, 6.45) is 3.62. The van der Waals surface area contributed by atoms with E-state index in [-0.39, 0.29) is 12.7 Å². The number of carbonyl (C=O) groups excluding carboxylic acids is 1. The van der Waals surface area contributed by atoms with Crippen LogP contribution in [0.2, 0.25) is 0 Å². The maximum Gasteiger partial charge on any atom is 0.235 e. The van der Waals surface area contributed by atoms with Crippen molar-refractivity contribution in [2.45, 2.75) is 25.2 Å². The van der Waals surface area contributed by atoms with Gasteiger partial charge in [-0.2, -0.15) is 0 Å². The molecule has 31 heavy (non-hydrogen) atoms. The second-order valence-electron chi connectivity index (χ2n) is 8.41. The van der Waals surface area contributed by atoms with E-state index in [1.165, 1.54) is 10.9 Å². The van der Waals surface area contributed by atoms with E-state index >= 15 is 0 Å². The number of rotatable bonds is 4. The van der Waals surface area contributed by atoms with Gasteiger partial charge in [-0.3, -0.25) is 4.79 Å². The van der Waals surface area contributed by atoms with Crippen LogP contribution in [0.1, 0.15) is 24.0 Å². The number of aromatic nitrogens is 1. The van der Waals surface area contributed by atoms with E-state index in [1.54, 1.807) is 0 Å². The SMILES string of the molecule is Cc1ccc(NC(=O)C2(c3ccc4c(c3)OCO4)CC2)cc1-c1ccc2[nH]ccc2c1. The van der Waals surface area contributed by atoms with Crippen LogP contribution >= 0.6 is 0 Å². The van der Waals surface area contributed by atoms with Gasteiger partial charge in [0.05, 0.1) is 5.41 Å². The summed E-state index contributed by atoms with van der Waals surface area (Å²) < 4.78 is 10.9. The molecule has 2 heterocycles. The van der Waals surface area contributed by atoms with Crippen molar-refractivity contribution in [3.63, 3.8) is 0 Å². The first kappa shape index (κ1) is 18.1. The summed E-state index contributed by atoms with van der Waals surface area (Å²) in [6.45, 7) is 2.33. The molecule has 5 nitrogen and oxygen atoms in total. The van der Waals surface area contributed by atoms with Crippen molar-refractivity contribution in [1.82, 2.24) is 4.98 Å². The van der Waals surface area contributed by atoms with Gasteiger partial charge in [-0.1, -0.05) is 18.2 Å². The fourth-order valence-electron chi connectivity index (χ4n) is 4.45. The number of amides is 1. The van der Waals surface area contributed by atoms with Crippen LogP contribution in [0.15, 0.2) is 66.9 Å². The van der Waals surface area contributed by atoms with Crippen molar-refractivity contribution < 1.29 is 14.3 Å². The van der Waals surface area contributed by atoms with E-state index in [0.717, 1.165) is 46.5 Å². The van der Waals surface area contributed by atoms with Gasteiger partial charge in [0.1, 0.15) is 0 Å². The molecular weight excluding hydrogens is 388 g/mol. The van der Waals surface area contributed by atoms with Crippen LogP contribution in [-0.2, 0) is 10.2 Å². The van der Waals surface area contributed by atoms with Crippen molar-refractivity contribution in [2.24, 2.45) is 0 Å². The number of aryl methyl sites for hydroxylation is 1. The first-order valence-electron chi connectivity index (χ1n) is 10.5. The molecule has 1 fully saturated rings. The number of carbonyl (C=O) groups is 1. The average Bonchev–Trinajstić information content (AvgIpc) is 3.24. The number of hydrogen-bond donors (Lipinski definition) is 2. The second kappa shape index (κ2) is 6.64. The predicted molar refractivity (Wildman–Crippen MR) is 121 cm³/mol. The van der Waals surface area contributed by atoms with E-state index in [2.05, 4.69) is 53.6 Å². The van der Waals surface area contributed by atoms with Crippen molar-refractivity contribution >= 4 is 22.5 Å². The molecule has 2 aliphatic rings. The van der Waals surface area contributed by atoms with Gasteiger partial charge in [-0.05, 0) is 89.9 Å². The number of benzene rings is 3. The third-order valence-electron chi connectivity index (χ3n) is 6.47. The molecule has 0 unspecified atom stereocenters. The molecule has 1 aromatic heterocycles. The number of fused-ring (bicyclic) bond motifs is 2. The topological polar surface area (TPSA) is 63.4 Å². The first-order chi connectivity index (χ1) is 15.1. The van der Waals surface area contributed by atoms with Gasteiger partial charge < -0.3 is 19.8 Å². The van der Waals surface area contributed by atoms with E-state index in [9.17, 15) is 4.79 Å². The van der Waals surface area contributed by atoms with Crippen molar-refractivity contribution in [3.8, 4) is 22.6 Å². The number of nitrogens with one attached hydrogen (secondary N) is 2. The Kier molecular flexibility index (Phi) is 3.87. The maximum absolute atomic E-state index is 13.3. The fourth-order valence-corrected chi connectivity index (χ4v) is 4.45. The molecule has 6 rings (SSSR count). The minimum Gasteiger partial charge on any atom is -0.454 e. The second-order valence-corrected chi connectivity index (χ2v) is 8.41. The quantitative estimate of drug-likeness (QED) is 0.464. The number of aromatic amines is 1. The van der Waals surface area contributed by atoms with Crippen molar-refractivity contribution in [2.75, 3.05) is 12.1 Å². The highest BCUT2D eigenvalue weighted by atomic mass is 16.7. The predicted octanol–water partition coefficient (Wildman–Crippen LogP) is 5.54. The summed E-state index contributed by atoms with van der Waals surface area (Å²) in [5, 5.41) is 4.34. The first-order valence-corrected chi connectivity index (χ1v) is 10.5. The Hall–Kier alpha value is -3.73. The summed E-state index contributed by atoms with van der Waals surface area (Å²) in [6, 6.07) is 20.4. The minimum atomic E-state index is -0.490. The van der Waals surface area contributed by atoms with E-state index in [0.29, 0.717) is 5.75 Å². The largest absolute Gasteiger partial charge is 0.454 e. The third kappa shape index (κ3) is 2.96. The molecule has 1 aliphatic heterocycles. The lowest BCUT2D eigenvalue weighted by Crippen LogP contribution is -2.27. The van der Waals surface area contributed by atoms with Crippen LogP contribution < -0.4 is 14.8 Å². The molecule has 1 amide bonds. The molecule has 1 aliphatic carbocycles. The van der Waals surface area contributed by atoms with E-state index in [4.69, 9.17) is 9.47 Å². The lowest BCUT2D eigenvalue weighted by Gasteiger charge is -2.17. The highest BCUT2D eigenvalue weighted by Crippen LogP contribution is 2.51. The minimum absolute atomic E-state index is 0.0299. The summed E-state index contributed by atoms with van der Waals surface area (Å²) in [5.74, 6) is 1.49. The highest BCUT2D eigenvalue weighted by Gasteiger charge is 2.51. The third-order valence-corrected chi connectivity index (χ3v) is 6.47. The standard InChI is InChI=1S/C26H22N2O3/c1-16-2-5-20(14-21(16)17-3-6-22-18(12-17)8-11-27-22)28-25(29)26(9-10-26)19-4-7-23-24(13-19)31-15-30-23/h2-8,11-14,27H,9-10,15H2,1H3,(H,28,29). The smallest absolute Gasteiger partial charge is 0.235 e. The van der Waals surface area contributed by atoms with Gasteiger partial charge in [-0.25, -0.2) is 0 Å². The highest BCUT2D eigenvalue weighted by molar-refractivity contribution is 6.02. The summed E-state index contributed by atoms with van der Waals surface area (Å²) in [4.78, 5) is 16.5. The lowest BCUT2D eigenvalue weighted by atomic mass is 9.94. The molecule has 0 bridgehead atoms. The molecule has 0 radical (unpaired) electrons. The van der Waals surface area contributed by atoms with E-state index < -0.39 is 5.41 Å². The summed E-state index contributed by atoms with van der Waals surface area (Å²) >= 11 is 0. The zero-order chi connectivity index (χ0) is 21.0. The zero-order valence-electron chi connectivity index (χ0n) is 17.2. The fraction of sp³-hybridized carbons (Fsp3) is 0.192. The van der Waals surface area contributed by atoms with Crippen LogP contribution in [0.4, 0.5) is 5.69 Å². The monoisotopic (exact) mass is 410 g/mol. The molecule has 4 aromatic rings. The van der Waals surface area contributed by atoms with Crippen LogP contribution in [0.25, 0.3) is 22.0 Å². The zero-order valence-corrected chi connectivity index (χ0v) is 17.2. The summed E-state index contributed by atoms with van der Waals surface area (Å²) in [7, 11) is 0. The Morgan fingerprint density at radius 3 is 2.71 bits per heavy atom. The lowest BCUT2D eigenvalue weighted by molar-refractivity contribution is -0.118. The Balaban J connectivity index is 1.29. The Morgan fingerprint density at radius 2 is 1.84 bits per heavy atom. The molecular formula is C26H22N2O3. The number of ether oxygens (including phenoxy) is 2. The van der Waals surface area contributed by atoms with E-state index in [1.807, 2.05) is 30.5 Å². The molecule has 0 saturated heterocycles. The average molecular weight is 410 g/mol. The van der Waals surface area contributed by atoms with Crippen LogP contribution in [-0.4, -0.2) is 17.7 Å².